The van der Waals surface area contributed by atoms with Crippen molar-refractivity contribution in [2.24, 2.45) is 23.9 Å². The SMILES string of the molecule is CC1CC(C)CN(S(=O)(=O)c2ccc(C(=O)N=c3sc4cc(Br)ccc4n3C)cc2)C1. The van der Waals surface area contributed by atoms with Crippen molar-refractivity contribution in [2.45, 2.75) is 25.2 Å². The first-order valence-corrected chi connectivity index (χ1v) is 13.1. The fourth-order valence-corrected chi connectivity index (χ4v) is 7.33. The summed E-state index contributed by atoms with van der Waals surface area (Å²) in [6.45, 7) is 5.21. The van der Waals surface area contributed by atoms with Gasteiger partial charge in [0.2, 0.25) is 10.0 Å². The van der Waals surface area contributed by atoms with Crippen LogP contribution >= 0.6 is 27.3 Å². The van der Waals surface area contributed by atoms with E-state index in [1.54, 1.807) is 16.4 Å². The zero-order valence-corrected chi connectivity index (χ0v) is 20.8. The van der Waals surface area contributed by atoms with E-state index in [0.717, 1.165) is 21.1 Å². The van der Waals surface area contributed by atoms with Gasteiger partial charge in [-0.05, 0) is 60.7 Å². The number of hydrogen-bond donors (Lipinski definition) is 0. The zero-order chi connectivity index (χ0) is 22.3. The summed E-state index contributed by atoms with van der Waals surface area (Å²) < 4.78 is 31.5. The summed E-state index contributed by atoms with van der Waals surface area (Å²) in [6.07, 6.45) is 1.03. The van der Waals surface area contributed by atoms with E-state index < -0.39 is 15.9 Å². The molecular formula is C22H24BrN3O3S2. The van der Waals surface area contributed by atoms with E-state index in [-0.39, 0.29) is 4.90 Å². The number of nitrogens with zero attached hydrogens (tertiary/aromatic N) is 3. The van der Waals surface area contributed by atoms with Crippen LogP contribution in [-0.4, -0.2) is 36.3 Å². The molecule has 0 radical (unpaired) electrons. The van der Waals surface area contributed by atoms with E-state index in [4.69, 9.17) is 0 Å². The zero-order valence-electron chi connectivity index (χ0n) is 17.6. The Morgan fingerprint density at radius 3 is 2.39 bits per heavy atom. The normalized spacial score (nSPS) is 21.0. The van der Waals surface area contributed by atoms with Crippen LogP contribution in [0.25, 0.3) is 10.2 Å². The van der Waals surface area contributed by atoms with E-state index >= 15 is 0 Å². The van der Waals surface area contributed by atoms with Gasteiger partial charge in [0.1, 0.15) is 0 Å². The van der Waals surface area contributed by atoms with Crippen LogP contribution in [0.1, 0.15) is 30.6 Å². The van der Waals surface area contributed by atoms with Crippen LogP contribution in [0.5, 0.6) is 0 Å². The molecule has 2 aromatic carbocycles. The van der Waals surface area contributed by atoms with E-state index in [9.17, 15) is 13.2 Å². The lowest BCUT2D eigenvalue weighted by atomic mass is 9.94. The fourth-order valence-electron chi connectivity index (χ4n) is 4.09. The maximum absolute atomic E-state index is 13.0. The first-order valence-electron chi connectivity index (χ1n) is 10.1. The molecule has 1 aromatic heterocycles. The molecule has 9 heteroatoms. The van der Waals surface area contributed by atoms with Crippen molar-refractivity contribution in [1.29, 1.82) is 0 Å². The second kappa shape index (κ2) is 8.61. The second-order valence-electron chi connectivity index (χ2n) is 8.27. The van der Waals surface area contributed by atoms with Gasteiger partial charge in [0.15, 0.2) is 4.80 Å². The summed E-state index contributed by atoms with van der Waals surface area (Å²) in [7, 11) is -1.70. The third-order valence-electron chi connectivity index (χ3n) is 5.54. The molecule has 164 valence electrons. The molecule has 0 spiro atoms. The highest BCUT2D eigenvalue weighted by Gasteiger charge is 2.31. The Morgan fingerprint density at radius 2 is 1.74 bits per heavy atom. The standard InChI is InChI=1S/C22H24BrN3O3S2/c1-14-10-15(2)13-26(12-14)31(28,29)18-7-4-16(5-8-18)21(27)24-22-25(3)19-9-6-17(23)11-20(19)30-22/h4-9,11,14-15H,10,12-13H2,1-3H3. The van der Waals surface area contributed by atoms with E-state index in [1.807, 2.05) is 29.8 Å². The average molecular weight is 522 g/mol. The number of carbonyl (C=O) groups is 1. The molecule has 31 heavy (non-hydrogen) atoms. The first kappa shape index (κ1) is 22.4. The number of carbonyl (C=O) groups excluding carboxylic acids is 1. The number of aromatic nitrogens is 1. The quantitative estimate of drug-likeness (QED) is 0.512. The Kier molecular flexibility index (Phi) is 6.22. The molecule has 0 saturated carbocycles. The van der Waals surface area contributed by atoms with Gasteiger partial charge < -0.3 is 4.57 Å². The molecule has 2 atom stereocenters. The minimum atomic E-state index is -3.57. The van der Waals surface area contributed by atoms with Crippen molar-refractivity contribution >= 4 is 53.4 Å². The maximum atomic E-state index is 13.0. The number of piperidine rings is 1. The molecule has 3 aromatic rings. The molecule has 0 bridgehead atoms. The number of hydrogen-bond acceptors (Lipinski definition) is 4. The highest BCUT2D eigenvalue weighted by Crippen LogP contribution is 2.27. The van der Waals surface area contributed by atoms with Crippen molar-refractivity contribution in [3.05, 3.63) is 57.3 Å². The summed E-state index contributed by atoms with van der Waals surface area (Å²) in [5, 5.41) is 0. The predicted octanol–water partition coefficient (Wildman–Crippen LogP) is 4.41. The van der Waals surface area contributed by atoms with Gasteiger partial charge in [-0.15, -0.1) is 0 Å². The topological polar surface area (TPSA) is 71.7 Å². The Hall–Kier alpha value is -1.81. The second-order valence-corrected chi connectivity index (χ2v) is 12.1. The molecule has 1 aliphatic heterocycles. The van der Waals surface area contributed by atoms with Crippen LogP contribution in [0.4, 0.5) is 0 Å². The summed E-state index contributed by atoms with van der Waals surface area (Å²) >= 11 is 4.89. The number of thiazole rings is 1. The highest BCUT2D eigenvalue weighted by molar-refractivity contribution is 9.10. The molecule has 2 heterocycles. The van der Waals surface area contributed by atoms with Gasteiger partial charge in [-0.2, -0.15) is 9.30 Å². The van der Waals surface area contributed by atoms with Crippen molar-refractivity contribution in [3.63, 3.8) is 0 Å². The van der Waals surface area contributed by atoms with E-state index in [2.05, 4.69) is 34.8 Å². The van der Waals surface area contributed by atoms with Gasteiger partial charge in [-0.25, -0.2) is 8.42 Å². The number of fused-ring (bicyclic) bond motifs is 1. The summed E-state index contributed by atoms with van der Waals surface area (Å²) in [6, 6.07) is 12.0. The number of sulfonamides is 1. The van der Waals surface area contributed by atoms with Gasteiger partial charge in [-0.1, -0.05) is 41.1 Å². The molecule has 1 amide bonds. The summed E-state index contributed by atoms with van der Waals surface area (Å²) in [5.41, 5.74) is 1.35. The van der Waals surface area contributed by atoms with Crippen molar-refractivity contribution in [2.75, 3.05) is 13.1 Å². The van der Waals surface area contributed by atoms with Crippen LogP contribution in [0.15, 0.2) is 56.8 Å². The molecule has 0 N–H and O–H groups in total. The van der Waals surface area contributed by atoms with Crippen LogP contribution in [0, 0.1) is 11.8 Å². The fraction of sp³-hybridized carbons (Fsp3) is 0.364. The van der Waals surface area contributed by atoms with Gasteiger partial charge in [0.05, 0.1) is 15.1 Å². The number of halogens is 1. The lowest BCUT2D eigenvalue weighted by molar-refractivity contribution is 0.0998. The van der Waals surface area contributed by atoms with Crippen LogP contribution in [0.3, 0.4) is 0 Å². The van der Waals surface area contributed by atoms with E-state index in [0.29, 0.717) is 35.3 Å². The van der Waals surface area contributed by atoms with Gasteiger partial charge in [0.25, 0.3) is 5.91 Å². The lowest BCUT2D eigenvalue weighted by Crippen LogP contribution is -2.42. The molecular weight excluding hydrogens is 498 g/mol. The van der Waals surface area contributed by atoms with Gasteiger partial charge >= 0.3 is 0 Å². The monoisotopic (exact) mass is 521 g/mol. The average Bonchev–Trinajstić information content (AvgIpc) is 3.01. The van der Waals surface area contributed by atoms with Crippen molar-refractivity contribution in [1.82, 2.24) is 8.87 Å². The van der Waals surface area contributed by atoms with Gasteiger partial charge in [-0.3, -0.25) is 4.79 Å². The summed E-state index contributed by atoms with van der Waals surface area (Å²) in [5.74, 6) is 0.270. The number of aryl methyl sites for hydroxylation is 1. The molecule has 6 nitrogen and oxygen atoms in total. The number of benzene rings is 2. The number of rotatable bonds is 3. The first-order chi connectivity index (χ1) is 14.6. The summed E-state index contributed by atoms with van der Waals surface area (Å²) in [4.78, 5) is 17.8. The molecule has 1 aliphatic rings. The lowest BCUT2D eigenvalue weighted by Gasteiger charge is -2.34. The van der Waals surface area contributed by atoms with Gasteiger partial charge in [0, 0.05) is 30.2 Å². The smallest absolute Gasteiger partial charge is 0.279 e. The van der Waals surface area contributed by atoms with Crippen LogP contribution in [-0.2, 0) is 17.1 Å². The third kappa shape index (κ3) is 4.55. The molecule has 4 rings (SSSR count). The molecule has 1 saturated heterocycles. The minimum Gasteiger partial charge on any atom is -0.319 e. The Balaban J connectivity index is 1.60. The molecule has 2 unspecified atom stereocenters. The van der Waals surface area contributed by atoms with Crippen LogP contribution < -0.4 is 4.80 Å². The third-order valence-corrected chi connectivity index (χ3v) is 8.98. The maximum Gasteiger partial charge on any atom is 0.279 e. The predicted molar refractivity (Wildman–Crippen MR) is 127 cm³/mol. The van der Waals surface area contributed by atoms with Crippen molar-refractivity contribution < 1.29 is 13.2 Å². The Morgan fingerprint density at radius 1 is 1.10 bits per heavy atom. The van der Waals surface area contributed by atoms with Crippen LogP contribution in [0.2, 0.25) is 0 Å². The molecule has 1 fully saturated rings. The van der Waals surface area contributed by atoms with Crippen molar-refractivity contribution in [3.8, 4) is 0 Å². The van der Waals surface area contributed by atoms with E-state index in [1.165, 1.54) is 23.5 Å². The Bertz CT molecular complexity index is 1300. The largest absolute Gasteiger partial charge is 0.319 e. The number of amides is 1. The molecule has 0 aliphatic carbocycles. The minimum absolute atomic E-state index is 0.211. The Labute approximate surface area is 194 Å². The highest BCUT2D eigenvalue weighted by atomic mass is 79.9.